The Kier molecular flexibility index (Phi) is 51.0. The molecular weight excluding hydrogens is 789 g/mol. The first-order valence-electron chi connectivity index (χ1n) is 26.4. The molecule has 0 rings (SSSR count). The lowest BCUT2D eigenvalue weighted by Crippen LogP contribution is -2.30. The first-order valence-corrected chi connectivity index (χ1v) is 26.4. The average molecular weight is 887 g/mol. The molecule has 0 radical (unpaired) electrons. The third kappa shape index (κ3) is 51.2. The molecular formula is C59H98O5. The van der Waals surface area contributed by atoms with Gasteiger partial charge >= 0.3 is 11.9 Å². The van der Waals surface area contributed by atoms with Crippen molar-refractivity contribution in [1.29, 1.82) is 0 Å². The summed E-state index contributed by atoms with van der Waals surface area (Å²) in [5.41, 5.74) is 0. The van der Waals surface area contributed by atoms with Crippen molar-refractivity contribution in [3.8, 4) is 0 Å². The van der Waals surface area contributed by atoms with E-state index in [1.54, 1.807) is 0 Å². The van der Waals surface area contributed by atoms with Gasteiger partial charge in [-0.05, 0) is 122 Å². The van der Waals surface area contributed by atoms with Crippen molar-refractivity contribution in [3.63, 3.8) is 0 Å². The Morgan fingerprint density at radius 2 is 0.703 bits per heavy atom. The molecule has 0 bridgehead atoms. The third-order valence-corrected chi connectivity index (χ3v) is 10.8. The molecule has 0 aliphatic carbocycles. The number of hydrogen-bond acceptors (Lipinski definition) is 5. The summed E-state index contributed by atoms with van der Waals surface area (Å²) >= 11 is 0. The number of carbonyl (C=O) groups is 2. The smallest absolute Gasteiger partial charge is 0.306 e. The van der Waals surface area contributed by atoms with Crippen LogP contribution in [0.5, 0.6) is 0 Å². The van der Waals surface area contributed by atoms with Gasteiger partial charge in [-0.3, -0.25) is 9.59 Å². The second-order valence-electron chi connectivity index (χ2n) is 17.0. The maximum atomic E-state index is 12.8. The highest BCUT2D eigenvalue weighted by Gasteiger charge is 2.17. The number of carbonyl (C=O) groups excluding carboxylic acids is 2. The lowest BCUT2D eigenvalue weighted by atomic mass is 10.1. The fraction of sp³-hybridized carbons (Fsp3) is 0.661. The molecule has 1 atom stereocenters. The summed E-state index contributed by atoms with van der Waals surface area (Å²) in [5, 5.41) is 0. The fourth-order valence-corrected chi connectivity index (χ4v) is 6.90. The maximum absolute atomic E-state index is 12.8. The van der Waals surface area contributed by atoms with Crippen molar-refractivity contribution in [2.45, 2.75) is 232 Å². The molecule has 0 aliphatic rings. The Hall–Kier alpha value is -3.44. The molecule has 364 valence electrons. The van der Waals surface area contributed by atoms with E-state index < -0.39 is 6.10 Å². The van der Waals surface area contributed by atoms with Gasteiger partial charge in [-0.15, -0.1) is 0 Å². The van der Waals surface area contributed by atoms with E-state index in [0.717, 1.165) is 116 Å². The second kappa shape index (κ2) is 53.9. The van der Waals surface area contributed by atoms with E-state index in [1.165, 1.54) is 77.0 Å². The van der Waals surface area contributed by atoms with E-state index in [1.807, 2.05) is 0 Å². The number of esters is 2. The molecule has 0 saturated heterocycles. The zero-order valence-electron chi connectivity index (χ0n) is 41.8. The van der Waals surface area contributed by atoms with Gasteiger partial charge in [-0.25, -0.2) is 0 Å². The third-order valence-electron chi connectivity index (χ3n) is 10.8. The van der Waals surface area contributed by atoms with E-state index in [4.69, 9.17) is 14.2 Å². The van der Waals surface area contributed by atoms with Gasteiger partial charge in [0.15, 0.2) is 6.10 Å². The van der Waals surface area contributed by atoms with Crippen LogP contribution < -0.4 is 0 Å². The van der Waals surface area contributed by atoms with Crippen LogP contribution in [0.15, 0.2) is 109 Å². The molecule has 64 heavy (non-hydrogen) atoms. The highest BCUT2D eigenvalue weighted by atomic mass is 16.6. The Morgan fingerprint density at radius 1 is 0.359 bits per heavy atom. The summed E-state index contributed by atoms with van der Waals surface area (Å²) in [6.07, 6.45) is 73.8. The summed E-state index contributed by atoms with van der Waals surface area (Å²) in [7, 11) is 0. The Morgan fingerprint density at radius 3 is 1.16 bits per heavy atom. The van der Waals surface area contributed by atoms with E-state index in [9.17, 15) is 9.59 Å². The van der Waals surface area contributed by atoms with Crippen LogP contribution in [-0.4, -0.2) is 37.9 Å². The number of unbranched alkanes of at least 4 members (excludes halogenated alkanes) is 18. The van der Waals surface area contributed by atoms with E-state index in [2.05, 4.69) is 130 Å². The minimum Gasteiger partial charge on any atom is -0.462 e. The fourth-order valence-electron chi connectivity index (χ4n) is 6.90. The molecule has 0 spiro atoms. The van der Waals surface area contributed by atoms with Crippen LogP contribution in [0.3, 0.4) is 0 Å². The first kappa shape index (κ1) is 60.6. The van der Waals surface area contributed by atoms with E-state index in [-0.39, 0.29) is 25.2 Å². The summed E-state index contributed by atoms with van der Waals surface area (Å²) in [5.74, 6) is -0.461. The predicted octanol–water partition coefficient (Wildman–Crippen LogP) is 18.0. The molecule has 1 unspecified atom stereocenters. The Labute approximate surface area is 395 Å². The number of allylic oxidation sites excluding steroid dienone is 18. The van der Waals surface area contributed by atoms with Crippen LogP contribution in [0, 0.1) is 0 Å². The van der Waals surface area contributed by atoms with Crippen LogP contribution in [0.4, 0.5) is 0 Å². The number of hydrogen-bond donors (Lipinski definition) is 0. The van der Waals surface area contributed by atoms with Gasteiger partial charge in [0.2, 0.25) is 0 Å². The quantitative estimate of drug-likeness (QED) is 0.0346. The van der Waals surface area contributed by atoms with Gasteiger partial charge in [0, 0.05) is 19.4 Å². The van der Waals surface area contributed by atoms with Crippen molar-refractivity contribution < 1.29 is 23.8 Å². The summed E-state index contributed by atoms with van der Waals surface area (Å²) < 4.78 is 17.4. The van der Waals surface area contributed by atoms with E-state index in [0.29, 0.717) is 19.4 Å². The van der Waals surface area contributed by atoms with Crippen LogP contribution in [0.1, 0.15) is 226 Å². The van der Waals surface area contributed by atoms with Gasteiger partial charge in [0.1, 0.15) is 6.61 Å². The molecule has 0 aromatic carbocycles. The van der Waals surface area contributed by atoms with Crippen LogP contribution in [-0.2, 0) is 23.8 Å². The molecule has 0 N–H and O–H groups in total. The lowest BCUT2D eigenvalue weighted by molar-refractivity contribution is -0.163. The van der Waals surface area contributed by atoms with Gasteiger partial charge in [0.05, 0.1) is 6.61 Å². The SMILES string of the molecule is CC/C=C\C/C=C\C/C=C\C/C=C\C/C=C\CCCCCC(=O)OCC(COCCCCCCCC/C=C\CCCCCC)OC(=O)CCCCCCC/C=C\C/C=C\C/C=C\CC. The van der Waals surface area contributed by atoms with Gasteiger partial charge in [0.25, 0.3) is 0 Å². The van der Waals surface area contributed by atoms with Crippen molar-refractivity contribution in [2.75, 3.05) is 19.8 Å². The molecule has 0 aromatic heterocycles. The molecule has 0 heterocycles. The van der Waals surface area contributed by atoms with Gasteiger partial charge in [-0.1, -0.05) is 201 Å². The minimum atomic E-state index is -0.569. The zero-order valence-corrected chi connectivity index (χ0v) is 41.8. The first-order chi connectivity index (χ1) is 31.6. The Bertz CT molecular complexity index is 1280. The highest BCUT2D eigenvalue weighted by molar-refractivity contribution is 5.70. The van der Waals surface area contributed by atoms with Crippen LogP contribution in [0.2, 0.25) is 0 Å². The van der Waals surface area contributed by atoms with Crippen LogP contribution >= 0.6 is 0 Å². The molecule has 0 amide bonds. The van der Waals surface area contributed by atoms with Gasteiger partial charge < -0.3 is 14.2 Å². The summed E-state index contributed by atoms with van der Waals surface area (Å²) in [6.45, 7) is 7.52. The minimum absolute atomic E-state index is 0.0526. The van der Waals surface area contributed by atoms with Crippen molar-refractivity contribution in [2.24, 2.45) is 0 Å². The largest absolute Gasteiger partial charge is 0.462 e. The average Bonchev–Trinajstić information content (AvgIpc) is 3.30. The van der Waals surface area contributed by atoms with Gasteiger partial charge in [-0.2, -0.15) is 0 Å². The number of rotatable bonds is 47. The van der Waals surface area contributed by atoms with Crippen molar-refractivity contribution in [1.82, 2.24) is 0 Å². The maximum Gasteiger partial charge on any atom is 0.306 e. The standard InChI is InChI=1S/C59H98O5/c1-4-7-10-13-16-19-22-25-28-29-30-31-33-34-37-40-43-46-49-52-58(60)63-56-57(55-62-54-51-48-45-42-39-36-27-24-21-18-15-12-9-6-3)64-59(61)53-50-47-44-41-38-35-32-26-23-20-17-14-11-8-5-2/h7-8,10-11,16-17,19-21,24-26,28,30-32,34,37,57H,4-6,9,12-15,18,22-23,27,29,33,35-36,38-56H2,1-3H3/b10-7-,11-8-,19-16-,20-17-,24-21-,28-25-,31-30-,32-26-,37-34-. The molecule has 5 nitrogen and oxygen atoms in total. The summed E-state index contributed by atoms with van der Waals surface area (Å²) in [6, 6.07) is 0. The zero-order chi connectivity index (χ0) is 46.3. The Balaban J connectivity index is 4.38. The molecule has 0 saturated carbocycles. The van der Waals surface area contributed by atoms with E-state index >= 15 is 0 Å². The highest BCUT2D eigenvalue weighted by Crippen LogP contribution is 2.12. The topological polar surface area (TPSA) is 61.8 Å². The number of ether oxygens (including phenoxy) is 3. The molecule has 0 aliphatic heterocycles. The summed E-state index contributed by atoms with van der Waals surface area (Å²) in [4.78, 5) is 25.4. The molecule has 5 heteroatoms. The lowest BCUT2D eigenvalue weighted by Gasteiger charge is -2.18. The second-order valence-corrected chi connectivity index (χ2v) is 17.0. The molecule has 0 aromatic rings. The predicted molar refractivity (Wildman–Crippen MR) is 279 cm³/mol. The monoisotopic (exact) mass is 887 g/mol. The normalized spacial score (nSPS) is 13.1. The van der Waals surface area contributed by atoms with Crippen molar-refractivity contribution in [3.05, 3.63) is 109 Å². The van der Waals surface area contributed by atoms with Crippen LogP contribution in [0.25, 0.3) is 0 Å². The van der Waals surface area contributed by atoms with Crippen molar-refractivity contribution >= 4 is 11.9 Å². The molecule has 0 fully saturated rings.